The van der Waals surface area contributed by atoms with Crippen molar-refractivity contribution < 1.29 is 4.79 Å². The normalized spacial score (nSPS) is 12.1. The molecule has 1 atom stereocenters. The van der Waals surface area contributed by atoms with Gasteiger partial charge in [-0.05, 0) is 12.8 Å². The van der Waals surface area contributed by atoms with Crippen LogP contribution in [0.3, 0.4) is 0 Å². The SMILES string of the molecule is CCCCCCCCCC(=O)C(C#N)CCC. The molecule has 0 bridgehead atoms. The molecule has 2 heteroatoms. The van der Waals surface area contributed by atoms with Crippen molar-refractivity contribution in [2.24, 2.45) is 5.92 Å². The van der Waals surface area contributed by atoms with Crippen molar-refractivity contribution in [2.75, 3.05) is 0 Å². The lowest BCUT2D eigenvalue weighted by Crippen LogP contribution is -2.11. The molecule has 0 aromatic carbocycles. The van der Waals surface area contributed by atoms with Crippen molar-refractivity contribution in [3.8, 4) is 6.07 Å². The van der Waals surface area contributed by atoms with Crippen LogP contribution in [-0.2, 0) is 4.79 Å². The summed E-state index contributed by atoms with van der Waals surface area (Å²) in [5.41, 5.74) is 0. The van der Waals surface area contributed by atoms with Crippen molar-refractivity contribution in [3.63, 3.8) is 0 Å². The monoisotopic (exact) mass is 237 g/mol. The van der Waals surface area contributed by atoms with Gasteiger partial charge in [-0.3, -0.25) is 4.79 Å². The van der Waals surface area contributed by atoms with Gasteiger partial charge in [0.2, 0.25) is 0 Å². The smallest absolute Gasteiger partial charge is 0.149 e. The Hall–Kier alpha value is -0.840. The summed E-state index contributed by atoms with van der Waals surface area (Å²) >= 11 is 0. The average molecular weight is 237 g/mol. The van der Waals surface area contributed by atoms with Gasteiger partial charge in [0.25, 0.3) is 0 Å². The molecule has 0 saturated carbocycles. The van der Waals surface area contributed by atoms with Crippen molar-refractivity contribution in [3.05, 3.63) is 0 Å². The molecule has 0 aliphatic rings. The fourth-order valence-electron chi connectivity index (χ4n) is 2.02. The minimum Gasteiger partial charge on any atom is -0.298 e. The van der Waals surface area contributed by atoms with Gasteiger partial charge in [0.05, 0.1) is 6.07 Å². The maximum absolute atomic E-state index is 11.7. The van der Waals surface area contributed by atoms with Crippen LogP contribution in [0.2, 0.25) is 0 Å². The zero-order valence-electron chi connectivity index (χ0n) is 11.5. The van der Waals surface area contributed by atoms with E-state index in [0.29, 0.717) is 6.42 Å². The number of nitriles is 1. The third-order valence-electron chi connectivity index (χ3n) is 3.15. The molecule has 0 saturated heterocycles. The van der Waals surface area contributed by atoms with Crippen molar-refractivity contribution >= 4 is 5.78 Å². The van der Waals surface area contributed by atoms with Gasteiger partial charge < -0.3 is 0 Å². The van der Waals surface area contributed by atoms with E-state index in [1.54, 1.807) is 0 Å². The molecule has 0 aromatic heterocycles. The lowest BCUT2D eigenvalue weighted by molar-refractivity contribution is -0.121. The molecule has 2 nitrogen and oxygen atoms in total. The van der Waals surface area contributed by atoms with E-state index in [0.717, 1.165) is 25.7 Å². The molecule has 0 fully saturated rings. The van der Waals surface area contributed by atoms with Gasteiger partial charge in [0, 0.05) is 6.42 Å². The molecule has 0 spiro atoms. The topological polar surface area (TPSA) is 40.9 Å². The highest BCUT2D eigenvalue weighted by Crippen LogP contribution is 2.13. The number of rotatable bonds is 11. The minimum atomic E-state index is -0.347. The Morgan fingerprint density at radius 2 is 1.59 bits per heavy atom. The van der Waals surface area contributed by atoms with Crippen LogP contribution in [0.15, 0.2) is 0 Å². The Morgan fingerprint density at radius 3 is 2.12 bits per heavy atom. The van der Waals surface area contributed by atoms with Gasteiger partial charge in [-0.15, -0.1) is 0 Å². The van der Waals surface area contributed by atoms with E-state index in [9.17, 15) is 4.79 Å². The van der Waals surface area contributed by atoms with Gasteiger partial charge in [0.1, 0.15) is 11.7 Å². The maximum atomic E-state index is 11.7. The molecule has 0 rings (SSSR count). The second kappa shape index (κ2) is 11.6. The van der Waals surface area contributed by atoms with E-state index in [4.69, 9.17) is 5.26 Å². The first kappa shape index (κ1) is 16.2. The number of carbonyl (C=O) groups excluding carboxylic acids is 1. The summed E-state index contributed by atoms with van der Waals surface area (Å²) in [6.45, 7) is 4.24. The zero-order chi connectivity index (χ0) is 12.9. The zero-order valence-corrected chi connectivity index (χ0v) is 11.5. The molecule has 17 heavy (non-hydrogen) atoms. The highest BCUT2D eigenvalue weighted by molar-refractivity contribution is 5.83. The van der Waals surface area contributed by atoms with Gasteiger partial charge in [0.15, 0.2) is 0 Å². The molecule has 0 amide bonds. The number of ketones is 1. The third kappa shape index (κ3) is 8.92. The first-order chi connectivity index (χ1) is 8.26. The Kier molecular flexibility index (Phi) is 11.1. The van der Waals surface area contributed by atoms with Crippen molar-refractivity contribution in [2.45, 2.75) is 78.1 Å². The van der Waals surface area contributed by atoms with Crippen LogP contribution in [0, 0.1) is 17.2 Å². The highest BCUT2D eigenvalue weighted by Gasteiger charge is 2.15. The fraction of sp³-hybridized carbons (Fsp3) is 0.867. The third-order valence-corrected chi connectivity index (χ3v) is 3.15. The summed E-state index contributed by atoms with van der Waals surface area (Å²) in [6.07, 6.45) is 10.8. The van der Waals surface area contributed by atoms with Crippen LogP contribution >= 0.6 is 0 Å². The molecule has 0 aromatic rings. The molecule has 0 aliphatic heterocycles. The van der Waals surface area contributed by atoms with E-state index in [2.05, 4.69) is 13.0 Å². The van der Waals surface area contributed by atoms with E-state index in [-0.39, 0.29) is 11.7 Å². The quantitative estimate of drug-likeness (QED) is 0.491. The van der Waals surface area contributed by atoms with Crippen LogP contribution < -0.4 is 0 Å². The second-order valence-corrected chi connectivity index (χ2v) is 4.81. The van der Waals surface area contributed by atoms with Crippen LogP contribution in [0.25, 0.3) is 0 Å². The molecule has 0 N–H and O–H groups in total. The number of carbonyl (C=O) groups is 1. The average Bonchev–Trinajstić information content (AvgIpc) is 2.34. The molecule has 98 valence electrons. The molecular weight excluding hydrogens is 210 g/mol. The Balaban J connectivity index is 3.47. The number of Topliss-reactive ketones (excluding diaryl/α,β-unsaturated/α-hetero) is 1. The van der Waals surface area contributed by atoms with Crippen LogP contribution in [0.1, 0.15) is 78.1 Å². The van der Waals surface area contributed by atoms with Gasteiger partial charge in [-0.1, -0.05) is 58.8 Å². The number of unbranched alkanes of at least 4 members (excludes halogenated alkanes) is 6. The number of nitrogens with zero attached hydrogens (tertiary/aromatic N) is 1. The summed E-state index contributed by atoms with van der Waals surface area (Å²) in [5.74, 6) is -0.192. The predicted molar refractivity (Wildman–Crippen MR) is 71.6 cm³/mol. The molecule has 0 aliphatic carbocycles. The molecule has 1 unspecified atom stereocenters. The molecular formula is C15H27NO. The van der Waals surface area contributed by atoms with E-state index in [1.165, 1.54) is 32.1 Å². The Labute approximate surface area is 106 Å². The van der Waals surface area contributed by atoms with Crippen LogP contribution in [0.5, 0.6) is 0 Å². The largest absolute Gasteiger partial charge is 0.298 e. The lowest BCUT2D eigenvalue weighted by Gasteiger charge is -2.06. The number of hydrogen-bond donors (Lipinski definition) is 0. The van der Waals surface area contributed by atoms with Crippen LogP contribution in [-0.4, -0.2) is 5.78 Å². The van der Waals surface area contributed by atoms with E-state index in [1.807, 2.05) is 6.92 Å². The fourth-order valence-corrected chi connectivity index (χ4v) is 2.02. The van der Waals surface area contributed by atoms with Crippen molar-refractivity contribution in [1.82, 2.24) is 0 Å². The lowest BCUT2D eigenvalue weighted by atomic mass is 9.96. The Bertz CT molecular complexity index is 230. The van der Waals surface area contributed by atoms with Gasteiger partial charge in [-0.2, -0.15) is 5.26 Å². The van der Waals surface area contributed by atoms with E-state index < -0.39 is 0 Å². The first-order valence-electron chi connectivity index (χ1n) is 7.18. The first-order valence-corrected chi connectivity index (χ1v) is 7.18. The Morgan fingerprint density at radius 1 is 1.00 bits per heavy atom. The summed E-state index contributed by atoms with van der Waals surface area (Å²) in [7, 11) is 0. The minimum absolute atomic E-state index is 0.155. The standard InChI is InChI=1S/C15H27NO/c1-3-5-6-7-8-9-10-12-15(17)14(13-16)11-4-2/h14H,3-12H2,1-2H3. The van der Waals surface area contributed by atoms with E-state index >= 15 is 0 Å². The molecule has 0 heterocycles. The summed E-state index contributed by atoms with van der Waals surface area (Å²) in [5, 5.41) is 8.86. The predicted octanol–water partition coefficient (Wildman–Crippen LogP) is 4.64. The highest BCUT2D eigenvalue weighted by atomic mass is 16.1. The molecule has 0 radical (unpaired) electrons. The summed E-state index contributed by atoms with van der Waals surface area (Å²) in [4.78, 5) is 11.7. The van der Waals surface area contributed by atoms with Crippen LogP contribution in [0.4, 0.5) is 0 Å². The van der Waals surface area contributed by atoms with Gasteiger partial charge in [-0.25, -0.2) is 0 Å². The maximum Gasteiger partial charge on any atom is 0.149 e. The summed E-state index contributed by atoms with van der Waals surface area (Å²) in [6, 6.07) is 2.12. The number of hydrogen-bond acceptors (Lipinski definition) is 2. The second-order valence-electron chi connectivity index (χ2n) is 4.81. The van der Waals surface area contributed by atoms with Crippen molar-refractivity contribution in [1.29, 1.82) is 5.26 Å². The van der Waals surface area contributed by atoms with Gasteiger partial charge >= 0.3 is 0 Å². The summed E-state index contributed by atoms with van der Waals surface area (Å²) < 4.78 is 0.